The van der Waals surface area contributed by atoms with E-state index in [4.69, 9.17) is 0 Å². The predicted molar refractivity (Wildman–Crippen MR) is 68.0 cm³/mol. The second-order valence-electron chi connectivity index (χ2n) is 4.43. The summed E-state index contributed by atoms with van der Waals surface area (Å²) in [5.41, 5.74) is 2.56. The number of aryl methyl sites for hydroxylation is 1. The zero-order valence-electron chi connectivity index (χ0n) is 10.1. The van der Waals surface area contributed by atoms with Gasteiger partial charge in [0, 0.05) is 0 Å². The molecule has 0 radical (unpaired) electrons. The number of cyclic esters (lactones) is 2. The van der Waals surface area contributed by atoms with Gasteiger partial charge in [0.25, 0.3) is 0 Å². The highest BCUT2D eigenvalue weighted by Gasteiger charge is 2.35. The summed E-state index contributed by atoms with van der Waals surface area (Å²) < 4.78 is 4.56. The van der Waals surface area contributed by atoms with Crippen LogP contribution < -0.4 is 0 Å². The first kappa shape index (κ1) is 11.5. The normalized spacial score (nSPS) is 13.3. The summed E-state index contributed by atoms with van der Waals surface area (Å²) in [5.74, 6) is -1.75. The third-order valence-corrected chi connectivity index (χ3v) is 3.14. The number of aromatic hydroxyl groups is 1. The van der Waals surface area contributed by atoms with Gasteiger partial charge in [-0.1, -0.05) is 29.8 Å². The van der Waals surface area contributed by atoms with Gasteiger partial charge in [0.05, 0.1) is 5.56 Å². The number of ether oxygens (including phenoxy) is 1. The molecule has 19 heavy (non-hydrogen) atoms. The van der Waals surface area contributed by atoms with Crippen molar-refractivity contribution in [2.45, 2.75) is 6.92 Å². The number of carbonyl (C=O) groups excluding carboxylic acids is 2. The average Bonchev–Trinajstić information content (AvgIpc) is 2.68. The van der Waals surface area contributed by atoms with Gasteiger partial charge in [-0.3, -0.25) is 0 Å². The van der Waals surface area contributed by atoms with Crippen molar-refractivity contribution >= 4 is 11.9 Å². The summed E-state index contributed by atoms with van der Waals surface area (Å²) in [6.07, 6.45) is 0. The fourth-order valence-corrected chi connectivity index (χ4v) is 2.17. The number of rotatable bonds is 1. The molecule has 2 aromatic rings. The Kier molecular flexibility index (Phi) is 2.38. The highest BCUT2D eigenvalue weighted by Crippen LogP contribution is 2.36. The topological polar surface area (TPSA) is 63.6 Å². The minimum absolute atomic E-state index is 0.0527. The fourth-order valence-electron chi connectivity index (χ4n) is 2.17. The zero-order valence-corrected chi connectivity index (χ0v) is 10.1. The molecule has 0 fully saturated rings. The molecule has 1 aliphatic heterocycles. The Bertz CT molecular complexity index is 699. The van der Waals surface area contributed by atoms with E-state index < -0.39 is 11.9 Å². The van der Waals surface area contributed by atoms with Crippen LogP contribution in [-0.4, -0.2) is 17.0 Å². The molecule has 3 rings (SSSR count). The van der Waals surface area contributed by atoms with Crippen molar-refractivity contribution < 1.29 is 19.4 Å². The van der Waals surface area contributed by atoms with Crippen LogP contribution in [0.25, 0.3) is 11.1 Å². The Labute approximate surface area is 109 Å². The van der Waals surface area contributed by atoms with E-state index in [0.717, 1.165) is 11.1 Å². The van der Waals surface area contributed by atoms with Gasteiger partial charge in [-0.15, -0.1) is 0 Å². The summed E-state index contributed by atoms with van der Waals surface area (Å²) in [7, 11) is 0. The number of phenolic OH excluding ortho intramolecular Hbond substituents is 1. The summed E-state index contributed by atoms with van der Waals surface area (Å²) in [6, 6.07) is 10.6. The first-order valence-corrected chi connectivity index (χ1v) is 5.77. The highest BCUT2D eigenvalue weighted by molar-refractivity contribution is 6.19. The lowest BCUT2D eigenvalue weighted by atomic mass is 9.95. The lowest BCUT2D eigenvalue weighted by Crippen LogP contribution is -1.98. The predicted octanol–water partition coefficient (Wildman–Crippen LogP) is 2.68. The molecule has 0 spiro atoms. The van der Waals surface area contributed by atoms with Crippen LogP contribution in [0, 0.1) is 6.92 Å². The third-order valence-electron chi connectivity index (χ3n) is 3.14. The molecule has 2 aromatic carbocycles. The SMILES string of the molecule is Cc1ccc(-c2ccc(O)c3c2C(=O)OC3=O)cc1. The fraction of sp³-hybridized carbons (Fsp3) is 0.0667. The largest absolute Gasteiger partial charge is 0.507 e. The Morgan fingerprint density at radius 1 is 0.895 bits per heavy atom. The van der Waals surface area contributed by atoms with Gasteiger partial charge in [0.2, 0.25) is 0 Å². The number of benzene rings is 2. The summed E-state index contributed by atoms with van der Waals surface area (Å²) in [6.45, 7) is 1.96. The number of carbonyl (C=O) groups is 2. The molecule has 0 aliphatic carbocycles. The number of hydrogen-bond acceptors (Lipinski definition) is 4. The van der Waals surface area contributed by atoms with Crippen molar-refractivity contribution in [3.05, 3.63) is 53.1 Å². The average molecular weight is 254 g/mol. The van der Waals surface area contributed by atoms with Crippen molar-refractivity contribution in [1.29, 1.82) is 0 Å². The van der Waals surface area contributed by atoms with Crippen LogP contribution >= 0.6 is 0 Å². The molecule has 1 heterocycles. The number of fused-ring (bicyclic) bond motifs is 1. The number of hydrogen-bond donors (Lipinski definition) is 1. The maximum Gasteiger partial charge on any atom is 0.350 e. The van der Waals surface area contributed by atoms with Gasteiger partial charge in [0.15, 0.2) is 0 Å². The van der Waals surface area contributed by atoms with Gasteiger partial charge in [-0.25, -0.2) is 9.59 Å². The number of esters is 2. The molecule has 0 atom stereocenters. The van der Waals surface area contributed by atoms with E-state index in [1.165, 1.54) is 6.07 Å². The molecule has 0 bridgehead atoms. The zero-order chi connectivity index (χ0) is 13.6. The molecule has 94 valence electrons. The smallest absolute Gasteiger partial charge is 0.350 e. The minimum atomic E-state index is -0.800. The van der Waals surface area contributed by atoms with Gasteiger partial charge < -0.3 is 9.84 Å². The third kappa shape index (κ3) is 1.69. The summed E-state index contributed by atoms with van der Waals surface area (Å²) in [5, 5.41) is 9.68. The number of phenols is 1. The van der Waals surface area contributed by atoms with Gasteiger partial charge in [-0.05, 0) is 30.2 Å². The second-order valence-corrected chi connectivity index (χ2v) is 4.43. The van der Waals surface area contributed by atoms with E-state index in [-0.39, 0.29) is 16.9 Å². The van der Waals surface area contributed by atoms with Gasteiger partial charge in [0.1, 0.15) is 11.3 Å². The molecule has 0 saturated carbocycles. The summed E-state index contributed by atoms with van der Waals surface area (Å²) >= 11 is 0. The van der Waals surface area contributed by atoms with Crippen LogP contribution in [0.4, 0.5) is 0 Å². The van der Waals surface area contributed by atoms with E-state index in [1.807, 2.05) is 31.2 Å². The maximum atomic E-state index is 11.7. The Morgan fingerprint density at radius 3 is 2.21 bits per heavy atom. The second kappa shape index (κ2) is 3.95. The first-order chi connectivity index (χ1) is 9.08. The molecule has 0 amide bonds. The molecular formula is C15H10O4. The minimum Gasteiger partial charge on any atom is -0.507 e. The van der Waals surface area contributed by atoms with Crippen molar-refractivity contribution in [3.8, 4) is 16.9 Å². The van der Waals surface area contributed by atoms with E-state index in [1.54, 1.807) is 6.07 Å². The molecule has 0 saturated heterocycles. The van der Waals surface area contributed by atoms with Crippen molar-refractivity contribution in [1.82, 2.24) is 0 Å². The van der Waals surface area contributed by atoms with E-state index >= 15 is 0 Å². The molecule has 0 aromatic heterocycles. The lowest BCUT2D eigenvalue weighted by molar-refractivity contribution is 0.0443. The Balaban J connectivity index is 2.27. The lowest BCUT2D eigenvalue weighted by Gasteiger charge is -2.06. The van der Waals surface area contributed by atoms with Gasteiger partial charge >= 0.3 is 11.9 Å². The molecule has 0 unspecified atom stereocenters. The Hall–Kier alpha value is -2.62. The first-order valence-electron chi connectivity index (χ1n) is 5.77. The molecule has 4 nitrogen and oxygen atoms in total. The van der Waals surface area contributed by atoms with E-state index in [9.17, 15) is 14.7 Å². The van der Waals surface area contributed by atoms with Crippen LogP contribution in [0.5, 0.6) is 5.75 Å². The quantitative estimate of drug-likeness (QED) is 0.627. The monoisotopic (exact) mass is 254 g/mol. The standard InChI is InChI=1S/C15H10O4/c1-8-2-4-9(5-3-8)10-6-7-11(16)13-12(10)14(17)19-15(13)18/h2-7,16H,1H3. The molecular weight excluding hydrogens is 244 g/mol. The highest BCUT2D eigenvalue weighted by atomic mass is 16.6. The Morgan fingerprint density at radius 2 is 1.53 bits per heavy atom. The van der Waals surface area contributed by atoms with Crippen molar-refractivity contribution in [3.63, 3.8) is 0 Å². The molecule has 1 aliphatic rings. The van der Waals surface area contributed by atoms with Crippen LogP contribution in [-0.2, 0) is 4.74 Å². The van der Waals surface area contributed by atoms with Gasteiger partial charge in [-0.2, -0.15) is 0 Å². The molecule has 4 heteroatoms. The van der Waals surface area contributed by atoms with Crippen LogP contribution in [0.1, 0.15) is 26.3 Å². The van der Waals surface area contributed by atoms with Crippen molar-refractivity contribution in [2.24, 2.45) is 0 Å². The summed E-state index contributed by atoms with van der Waals surface area (Å²) in [4.78, 5) is 23.3. The maximum absolute atomic E-state index is 11.7. The van der Waals surface area contributed by atoms with Crippen LogP contribution in [0.3, 0.4) is 0 Å². The molecule has 1 N–H and O–H groups in total. The van der Waals surface area contributed by atoms with Crippen LogP contribution in [0.2, 0.25) is 0 Å². The van der Waals surface area contributed by atoms with Crippen molar-refractivity contribution in [2.75, 3.05) is 0 Å². The van der Waals surface area contributed by atoms with E-state index in [2.05, 4.69) is 4.74 Å². The van der Waals surface area contributed by atoms with E-state index in [0.29, 0.717) is 5.56 Å². The van der Waals surface area contributed by atoms with Crippen LogP contribution in [0.15, 0.2) is 36.4 Å².